The number of ether oxygens (including phenoxy) is 2. The summed E-state index contributed by atoms with van der Waals surface area (Å²) in [6.07, 6.45) is 4.16. The standard InChI is InChI=1S/C18H21NO2/c1-19(2)18-8-6-5-7-15(18)10-9-14-11-16(20-3)13-17(12-14)21-4/h5-13H,1-4H3/b10-9+. The molecule has 2 aromatic carbocycles. The van der Waals surface area contributed by atoms with Crippen LogP contribution in [0.5, 0.6) is 11.5 Å². The van der Waals surface area contributed by atoms with E-state index in [-0.39, 0.29) is 0 Å². The van der Waals surface area contributed by atoms with Gasteiger partial charge in [0.1, 0.15) is 11.5 Å². The van der Waals surface area contributed by atoms with Gasteiger partial charge in [-0.1, -0.05) is 30.4 Å². The molecule has 0 bridgehead atoms. The average molecular weight is 283 g/mol. The summed E-state index contributed by atoms with van der Waals surface area (Å²) < 4.78 is 10.6. The molecule has 0 aromatic heterocycles. The number of hydrogen-bond acceptors (Lipinski definition) is 3. The van der Waals surface area contributed by atoms with Gasteiger partial charge in [0.15, 0.2) is 0 Å². The fraction of sp³-hybridized carbons (Fsp3) is 0.222. The van der Waals surface area contributed by atoms with Crippen LogP contribution in [0, 0.1) is 0 Å². The lowest BCUT2D eigenvalue weighted by Gasteiger charge is -2.15. The number of anilines is 1. The summed E-state index contributed by atoms with van der Waals surface area (Å²) in [6.45, 7) is 0. The Morgan fingerprint density at radius 3 is 2.05 bits per heavy atom. The van der Waals surface area contributed by atoms with E-state index in [1.807, 2.05) is 44.4 Å². The van der Waals surface area contributed by atoms with Gasteiger partial charge in [0, 0.05) is 25.8 Å². The van der Waals surface area contributed by atoms with Crippen molar-refractivity contribution < 1.29 is 9.47 Å². The van der Waals surface area contributed by atoms with Crippen LogP contribution in [0.2, 0.25) is 0 Å². The van der Waals surface area contributed by atoms with Crippen LogP contribution >= 0.6 is 0 Å². The Bertz CT molecular complexity index is 611. The molecule has 21 heavy (non-hydrogen) atoms. The summed E-state index contributed by atoms with van der Waals surface area (Å²) in [7, 11) is 7.40. The van der Waals surface area contributed by atoms with E-state index in [1.165, 1.54) is 11.3 Å². The lowest BCUT2D eigenvalue weighted by molar-refractivity contribution is 0.394. The van der Waals surface area contributed by atoms with Crippen LogP contribution in [0.3, 0.4) is 0 Å². The first-order valence-electron chi connectivity index (χ1n) is 6.81. The molecule has 0 amide bonds. The van der Waals surface area contributed by atoms with Gasteiger partial charge in [0.25, 0.3) is 0 Å². The van der Waals surface area contributed by atoms with Gasteiger partial charge in [-0.2, -0.15) is 0 Å². The summed E-state index contributed by atoms with van der Waals surface area (Å²) in [4.78, 5) is 2.10. The normalized spacial score (nSPS) is 10.7. The second-order valence-corrected chi connectivity index (χ2v) is 4.93. The van der Waals surface area contributed by atoms with Crippen molar-refractivity contribution in [1.82, 2.24) is 0 Å². The minimum atomic E-state index is 0.787. The first-order chi connectivity index (χ1) is 10.1. The minimum Gasteiger partial charge on any atom is -0.497 e. The van der Waals surface area contributed by atoms with Crippen molar-refractivity contribution in [2.75, 3.05) is 33.2 Å². The highest BCUT2D eigenvalue weighted by molar-refractivity contribution is 5.77. The second-order valence-electron chi connectivity index (χ2n) is 4.93. The van der Waals surface area contributed by atoms with Crippen molar-refractivity contribution in [2.24, 2.45) is 0 Å². The van der Waals surface area contributed by atoms with Crippen molar-refractivity contribution in [3.63, 3.8) is 0 Å². The van der Waals surface area contributed by atoms with E-state index in [4.69, 9.17) is 9.47 Å². The van der Waals surface area contributed by atoms with Gasteiger partial charge in [-0.25, -0.2) is 0 Å². The molecular weight excluding hydrogens is 262 g/mol. The molecule has 0 saturated carbocycles. The number of methoxy groups -OCH3 is 2. The van der Waals surface area contributed by atoms with Gasteiger partial charge in [-0.05, 0) is 29.3 Å². The van der Waals surface area contributed by atoms with E-state index in [2.05, 4.69) is 29.2 Å². The predicted molar refractivity (Wildman–Crippen MR) is 89.2 cm³/mol. The molecule has 0 unspecified atom stereocenters. The first-order valence-corrected chi connectivity index (χ1v) is 6.81. The SMILES string of the molecule is COc1cc(/C=C/c2ccccc2N(C)C)cc(OC)c1. The van der Waals surface area contributed by atoms with Crippen molar-refractivity contribution >= 4 is 17.8 Å². The van der Waals surface area contributed by atoms with E-state index in [1.54, 1.807) is 14.2 Å². The fourth-order valence-corrected chi connectivity index (χ4v) is 2.15. The van der Waals surface area contributed by atoms with E-state index in [0.29, 0.717) is 0 Å². The summed E-state index contributed by atoms with van der Waals surface area (Å²) >= 11 is 0. The molecule has 3 nitrogen and oxygen atoms in total. The highest BCUT2D eigenvalue weighted by Crippen LogP contribution is 2.25. The van der Waals surface area contributed by atoms with Crippen LogP contribution in [0.4, 0.5) is 5.69 Å². The average Bonchev–Trinajstić information content (AvgIpc) is 2.52. The molecule has 0 radical (unpaired) electrons. The van der Waals surface area contributed by atoms with E-state index in [9.17, 15) is 0 Å². The van der Waals surface area contributed by atoms with Gasteiger partial charge < -0.3 is 14.4 Å². The molecular formula is C18H21NO2. The largest absolute Gasteiger partial charge is 0.497 e. The topological polar surface area (TPSA) is 21.7 Å². The van der Waals surface area contributed by atoms with Crippen molar-refractivity contribution in [3.8, 4) is 11.5 Å². The Labute approximate surface area is 126 Å². The first kappa shape index (κ1) is 15.0. The summed E-state index contributed by atoms with van der Waals surface area (Å²) in [5.74, 6) is 1.57. The molecule has 0 spiro atoms. The quantitative estimate of drug-likeness (QED) is 0.776. The maximum absolute atomic E-state index is 5.29. The molecule has 0 aliphatic carbocycles. The van der Waals surface area contributed by atoms with Crippen LogP contribution in [0.1, 0.15) is 11.1 Å². The number of nitrogens with zero attached hydrogens (tertiary/aromatic N) is 1. The monoisotopic (exact) mass is 283 g/mol. The summed E-state index contributed by atoms with van der Waals surface area (Å²) in [6, 6.07) is 14.1. The molecule has 2 aromatic rings. The third-order valence-electron chi connectivity index (χ3n) is 3.25. The fourth-order valence-electron chi connectivity index (χ4n) is 2.15. The Balaban J connectivity index is 2.33. The molecule has 3 heteroatoms. The van der Waals surface area contributed by atoms with Crippen LogP contribution < -0.4 is 14.4 Å². The molecule has 0 aliphatic heterocycles. The summed E-state index contributed by atoms with van der Waals surface area (Å²) in [5.41, 5.74) is 3.40. The van der Waals surface area contributed by atoms with E-state index in [0.717, 1.165) is 17.1 Å². The number of benzene rings is 2. The molecule has 110 valence electrons. The third kappa shape index (κ3) is 3.78. The summed E-state index contributed by atoms with van der Waals surface area (Å²) in [5, 5.41) is 0. The van der Waals surface area contributed by atoms with Crippen molar-refractivity contribution in [3.05, 3.63) is 53.6 Å². The van der Waals surface area contributed by atoms with Crippen LogP contribution in [-0.2, 0) is 0 Å². The minimum absolute atomic E-state index is 0.787. The zero-order valence-electron chi connectivity index (χ0n) is 13.0. The Morgan fingerprint density at radius 1 is 0.857 bits per heavy atom. The van der Waals surface area contributed by atoms with Gasteiger partial charge in [0.05, 0.1) is 14.2 Å². The number of para-hydroxylation sites is 1. The van der Waals surface area contributed by atoms with Crippen molar-refractivity contribution in [2.45, 2.75) is 0 Å². The Hall–Kier alpha value is -2.42. The third-order valence-corrected chi connectivity index (χ3v) is 3.25. The van der Waals surface area contributed by atoms with Crippen LogP contribution in [0.25, 0.3) is 12.2 Å². The van der Waals surface area contributed by atoms with Gasteiger partial charge in [-0.15, -0.1) is 0 Å². The van der Waals surface area contributed by atoms with Gasteiger partial charge >= 0.3 is 0 Å². The Morgan fingerprint density at radius 2 is 1.48 bits per heavy atom. The van der Waals surface area contributed by atoms with Crippen molar-refractivity contribution in [1.29, 1.82) is 0 Å². The predicted octanol–water partition coefficient (Wildman–Crippen LogP) is 3.94. The van der Waals surface area contributed by atoms with Crippen LogP contribution in [0.15, 0.2) is 42.5 Å². The molecule has 0 saturated heterocycles. The smallest absolute Gasteiger partial charge is 0.123 e. The highest BCUT2D eigenvalue weighted by atomic mass is 16.5. The number of rotatable bonds is 5. The lowest BCUT2D eigenvalue weighted by Crippen LogP contribution is -2.09. The lowest BCUT2D eigenvalue weighted by atomic mass is 10.1. The zero-order chi connectivity index (χ0) is 15.2. The second kappa shape index (κ2) is 6.84. The molecule has 0 fully saturated rings. The molecule has 0 aliphatic rings. The van der Waals surface area contributed by atoms with Gasteiger partial charge in [-0.3, -0.25) is 0 Å². The molecule has 2 rings (SSSR count). The number of hydrogen-bond donors (Lipinski definition) is 0. The molecule has 0 N–H and O–H groups in total. The molecule has 0 heterocycles. The van der Waals surface area contributed by atoms with Crippen LogP contribution in [-0.4, -0.2) is 28.3 Å². The maximum Gasteiger partial charge on any atom is 0.123 e. The van der Waals surface area contributed by atoms with Gasteiger partial charge in [0.2, 0.25) is 0 Å². The maximum atomic E-state index is 5.29. The van der Waals surface area contributed by atoms with E-state index < -0.39 is 0 Å². The zero-order valence-corrected chi connectivity index (χ0v) is 13.0. The highest BCUT2D eigenvalue weighted by Gasteiger charge is 2.02. The Kier molecular flexibility index (Phi) is 4.88. The molecule has 0 atom stereocenters. The van der Waals surface area contributed by atoms with E-state index >= 15 is 0 Å².